The molecule has 0 aromatic heterocycles. The number of nitrogens with two attached hydrogens (primary N) is 1. The van der Waals surface area contributed by atoms with Gasteiger partial charge in [0.25, 0.3) is 0 Å². The molecule has 0 amide bonds. The minimum atomic E-state index is -0.875. The molecule has 0 aliphatic heterocycles. The van der Waals surface area contributed by atoms with Gasteiger partial charge in [0.1, 0.15) is 6.04 Å². The molecule has 1 atom stereocenters. The molecular formula is C11H13FN2O4S. The quantitative estimate of drug-likeness (QED) is 0.484. The van der Waals surface area contributed by atoms with Crippen LogP contribution in [-0.2, 0) is 15.3 Å². The highest BCUT2D eigenvalue weighted by Gasteiger charge is 2.15. The fourth-order valence-electron chi connectivity index (χ4n) is 1.31. The van der Waals surface area contributed by atoms with E-state index in [0.29, 0.717) is 17.1 Å². The Balaban J connectivity index is 2.53. The largest absolute Gasteiger partial charge is 0.468 e. The van der Waals surface area contributed by atoms with Crippen molar-refractivity contribution in [3.63, 3.8) is 0 Å². The van der Waals surface area contributed by atoms with Gasteiger partial charge in [0, 0.05) is 17.6 Å². The van der Waals surface area contributed by atoms with Gasteiger partial charge in [-0.1, -0.05) is 6.07 Å². The second-order valence-electron chi connectivity index (χ2n) is 3.69. The van der Waals surface area contributed by atoms with Crippen molar-refractivity contribution in [3.8, 4) is 0 Å². The molecule has 0 fully saturated rings. The number of rotatable bonds is 6. The van der Waals surface area contributed by atoms with Gasteiger partial charge in [0.2, 0.25) is 5.82 Å². The van der Waals surface area contributed by atoms with Crippen LogP contribution in [0.5, 0.6) is 0 Å². The fourth-order valence-corrected chi connectivity index (χ4v) is 2.23. The molecule has 0 spiro atoms. The van der Waals surface area contributed by atoms with Crippen molar-refractivity contribution in [2.45, 2.75) is 11.8 Å². The molecule has 0 radical (unpaired) electrons. The summed E-state index contributed by atoms with van der Waals surface area (Å²) < 4.78 is 17.8. The van der Waals surface area contributed by atoms with Crippen LogP contribution in [0, 0.1) is 15.9 Å². The number of benzene rings is 1. The standard InChI is InChI=1S/C11H13FN2O4S/c1-18-11(15)9(13)6-19-5-7-2-3-10(14(16)17)8(12)4-7/h2-4,9H,5-6,13H2,1H3. The van der Waals surface area contributed by atoms with E-state index in [0.717, 1.165) is 12.1 Å². The van der Waals surface area contributed by atoms with E-state index in [1.165, 1.54) is 24.9 Å². The third-order valence-corrected chi connectivity index (χ3v) is 3.41. The van der Waals surface area contributed by atoms with Gasteiger partial charge >= 0.3 is 11.7 Å². The van der Waals surface area contributed by atoms with Crippen LogP contribution in [0.3, 0.4) is 0 Å². The Bertz CT molecular complexity index is 484. The zero-order valence-electron chi connectivity index (χ0n) is 10.2. The third-order valence-electron chi connectivity index (χ3n) is 2.28. The molecule has 0 heterocycles. The van der Waals surface area contributed by atoms with Crippen molar-refractivity contribution >= 4 is 23.4 Å². The van der Waals surface area contributed by atoms with E-state index in [9.17, 15) is 19.3 Å². The molecule has 0 aliphatic carbocycles. The van der Waals surface area contributed by atoms with Gasteiger partial charge in [-0.15, -0.1) is 0 Å². The monoisotopic (exact) mass is 288 g/mol. The Kier molecular flexibility index (Phi) is 5.71. The number of nitrogens with zero attached hydrogens (tertiary/aromatic N) is 1. The van der Waals surface area contributed by atoms with Crippen LogP contribution in [0.4, 0.5) is 10.1 Å². The maximum atomic E-state index is 13.3. The summed E-state index contributed by atoms with van der Waals surface area (Å²) in [6.07, 6.45) is 0. The molecule has 6 nitrogen and oxygen atoms in total. The van der Waals surface area contributed by atoms with E-state index in [1.54, 1.807) is 0 Å². The number of carbonyl (C=O) groups is 1. The van der Waals surface area contributed by atoms with E-state index < -0.39 is 28.4 Å². The molecule has 0 saturated carbocycles. The van der Waals surface area contributed by atoms with Crippen LogP contribution in [0.2, 0.25) is 0 Å². The lowest BCUT2D eigenvalue weighted by molar-refractivity contribution is -0.387. The van der Waals surface area contributed by atoms with Crippen LogP contribution in [0.1, 0.15) is 5.56 Å². The average molecular weight is 288 g/mol. The first-order valence-electron chi connectivity index (χ1n) is 5.29. The Labute approximate surface area is 113 Å². The maximum Gasteiger partial charge on any atom is 0.323 e. The number of ether oxygens (including phenoxy) is 1. The van der Waals surface area contributed by atoms with Gasteiger partial charge in [0.15, 0.2) is 0 Å². The highest BCUT2D eigenvalue weighted by molar-refractivity contribution is 7.98. The number of nitro groups is 1. The molecule has 1 rings (SSSR count). The van der Waals surface area contributed by atoms with Gasteiger partial charge in [-0.05, 0) is 11.6 Å². The predicted molar refractivity (Wildman–Crippen MR) is 69.2 cm³/mol. The van der Waals surface area contributed by atoms with Gasteiger partial charge in [0.05, 0.1) is 12.0 Å². The number of esters is 1. The lowest BCUT2D eigenvalue weighted by Gasteiger charge is -2.08. The number of thioether (sulfide) groups is 1. The van der Waals surface area contributed by atoms with Crippen molar-refractivity contribution in [1.82, 2.24) is 0 Å². The van der Waals surface area contributed by atoms with E-state index in [4.69, 9.17) is 5.73 Å². The molecule has 104 valence electrons. The SMILES string of the molecule is COC(=O)C(N)CSCc1ccc([N+](=O)[O-])c(F)c1. The molecule has 1 aromatic carbocycles. The lowest BCUT2D eigenvalue weighted by Crippen LogP contribution is -2.33. The minimum absolute atomic E-state index is 0.325. The molecule has 0 aliphatic rings. The van der Waals surface area contributed by atoms with E-state index >= 15 is 0 Å². The summed E-state index contributed by atoms with van der Waals surface area (Å²) in [4.78, 5) is 20.7. The maximum absolute atomic E-state index is 13.3. The molecule has 0 saturated heterocycles. The molecule has 19 heavy (non-hydrogen) atoms. The van der Waals surface area contributed by atoms with Crippen LogP contribution in [0.25, 0.3) is 0 Å². The van der Waals surface area contributed by atoms with E-state index in [1.807, 2.05) is 0 Å². The van der Waals surface area contributed by atoms with Crippen molar-refractivity contribution in [2.75, 3.05) is 12.9 Å². The number of carbonyl (C=O) groups excluding carboxylic acids is 1. The zero-order chi connectivity index (χ0) is 14.4. The number of methoxy groups -OCH3 is 1. The van der Waals surface area contributed by atoms with Gasteiger partial charge in [-0.2, -0.15) is 16.2 Å². The summed E-state index contributed by atoms with van der Waals surface area (Å²) in [5, 5.41) is 10.4. The highest BCUT2D eigenvalue weighted by Crippen LogP contribution is 2.21. The molecule has 0 bridgehead atoms. The van der Waals surface area contributed by atoms with E-state index in [2.05, 4.69) is 4.74 Å². The van der Waals surface area contributed by atoms with Gasteiger partial charge in [-0.25, -0.2) is 0 Å². The topological polar surface area (TPSA) is 95.5 Å². The van der Waals surface area contributed by atoms with Gasteiger partial charge < -0.3 is 10.5 Å². The van der Waals surface area contributed by atoms with Crippen molar-refractivity contribution in [2.24, 2.45) is 5.73 Å². The van der Waals surface area contributed by atoms with Crippen LogP contribution in [-0.4, -0.2) is 29.8 Å². The predicted octanol–water partition coefficient (Wildman–Crippen LogP) is 1.47. The summed E-state index contributed by atoms with van der Waals surface area (Å²) in [5.41, 5.74) is 5.56. The van der Waals surface area contributed by atoms with Gasteiger partial charge in [-0.3, -0.25) is 14.9 Å². The highest BCUT2D eigenvalue weighted by atomic mass is 32.2. The lowest BCUT2D eigenvalue weighted by atomic mass is 10.2. The zero-order valence-corrected chi connectivity index (χ0v) is 11.0. The smallest absolute Gasteiger partial charge is 0.323 e. The van der Waals surface area contributed by atoms with Crippen LogP contribution < -0.4 is 5.73 Å². The third kappa shape index (κ3) is 4.49. The van der Waals surface area contributed by atoms with Crippen LogP contribution in [0.15, 0.2) is 18.2 Å². The van der Waals surface area contributed by atoms with Crippen molar-refractivity contribution < 1.29 is 18.8 Å². The molecule has 1 aromatic rings. The summed E-state index contributed by atoms with van der Waals surface area (Å²) in [6, 6.07) is 2.95. The molecule has 1 unspecified atom stereocenters. The average Bonchev–Trinajstić information content (AvgIpc) is 2.37. The number of halogens is 1. The first-order chi connectivity index (χ1) is 8.95. The molecular weight excluding hydrogens is 275 g/mol. The Morgan fingerprint density at radius 1 is 1.63 bits per heavy atom. The van der Waals surface area contributed by atoms with Crippen molar-refractivity contribution in [3.05, 3.63) is 39.7 Å². The summed E-state index contributed by atoms with van der Waals surface area (Å²) in [7, 11) is 1.25. The first kappa shape index (κ1) is 15.4. The van der Waals surface area contributed by atoms with E-state index in [-0.39, 0.29) is 0 Å². The Hall–Kier alpha value is -1.67. The second kappa shape index (κ2) is 7.05. The van der Waals surface area contributed by atoms with Crippen molar-refractivity contribution in [1.29, 1.82) is 0 Å². The van der Waals surface area contributed by atoms with Crippen LogP contribution >= 0.6 is 11.8 Å². The fraction of sp³-hybridized carbons (Fsp3) is 0.364. The first-order valence-corrected chi connectivity index (χ1v) is 6.45. The summed E-state index contributed by atoms with van der Waals surface area (Å²) >= 11 is 1.32. The number of hydrogen-bond acceptors (Lipinski definition) is 6. The Morgan fingerprint density at radius 3 is 2.84 bits per heavy atom. The summed E-state index contributed by atoms with van der Waals surface area (Å²) in [6.45, 7) is 0. The normalized spacial score (nSPS) is 11.9. The summed E-state index contributed by atoms with van der Waals surface area (Å²) in [5.74, 6) is -0.659. The molecule has 8 heteroatoms. The second-order valence-corrected chi connectivity index (χ2v) is 4.72. The minimum Gasteiger partial charge on any atom is -0.468 e. The molecule has 2 N–H and O–H groups in total. The number of hydrogen-bond donors (Lipinski definition) is 1. The number of nitro benzene ring substituents is 1. The Morgan fingerprint density at radius 2 is 2.32 bits per heavy atom.